The van der Waals surface area contributed by atoms with Crippen LogP contribution in [0.4, 0.5) is 0 Å². The lowest BCUT2D eigenvalue weighted by molar-refractivity contribution is 0.179. The van der Waals surface area contributed by atoms with Gasteiger partial charge in [-0.2, -0.15) is 0 Å². The van der Waals surface area contributed by atoms with Crippen molar-refractivity contribution in [2.45, 2.75) is 19.4 Å². The summed E-state index contributed by atoms with van der Waals surface area (Å²) in [7, 11) is 1.64. The first-order valence-corrected chi connectivity index (χ1v) is 7.41. The Morgan fingerprint density at radius 2 is 2.19 bits per heavy atom. The summed E-state index contributed by atoms with van der Waals surface area (Å²) in [6.45, 7) is 3.63. The van der Waals surface area contributed by atoms with E-state index in [1.54, 1.807) is 25.3 Å². The molecule has 21 heavy (non-hydrogen) atoms. The van der Waals surface area contributed by atoms with Gasteiger partial charge in [0.05, 0.1) is 18.2 Å². The number of ether oxygens (including phenoxy) is 2. The predicted molar refractivity (Wildman–Crippen MR) is 87.5 cm³/mol. The molecule has 0 saturated heterocycles. The van der Waals surface area contributed by atoms with Gasteiger partial charge in [-0.1, -0.05) is 23.2 Å². The molecule has 0 fully saturated rings. The molecule has 0 aliphatic carbocycles. The van der Waals surface area contributed by atoms with Gasteiger partial charge in [-0.05, 0) is 25.1 Å². The van der Waals surface area contributed by atoms with Crippen molar-refractivity contribution in [2.75, 3.05) is 26.9 Å². The second kappa shape index (κ2) is 9.71. The smallest absolute Gasteiger partial charge is 0.188 e. The number of hydrogen-bond donors (Lipinski definition) is 2. The van der Waals surface area contributed by atoms with E-state index < -0.39 is 0 Å². The lowest BCUT2D eigenvalue weighted by Crippen LogP contribution is -2.40. The fourth-order valence-electron chi connectivity index (χ4n) is 1.63. The minimum absolute atomic E-state index is 0.128. The number of halogens is 2. The minimum atomic E-state index is 0.128. The summed E-state index contributed by atoms with van der Waals surface area (Å²) in [5, 5.41) is 4.12. The topological polar surface area (TPSA) is 68.9 Å². The molecule has 1 atom stereocenters. The number of guanidine groups is 1. The average molecular weight is 334 g/mol. The van der Waals surface area contributed by atoms with Crippen LogP contribution in [0.5, 0.6) is 5.75 Å². The number of methoxy groups -OCH3 is 1. The third-order valence-corrected chi connectivity index (χ3v) is 3.08. The van der Waals surface area contributed by atoms with Crippen molar-refractivity contribution in [1.29, 1.82) is 0 Å². The van der Waals surface area contributed by atoms with Crippen LogP contribution in [0, 0.1) is 0 Å². The van der Waals surface area contributed by atoms with E-state index in [9.17, 15) is 0 Å². The Labute approximate surface area is 135 Å². The Morgan fingerprint density at radius 3 is 2.86 bits per heavy atom. The van der Waals surface area contributed by atoms with Crippen LogP contribution in [-0.4, -0.2) is 38.9 Å². The molecule has 0 aliphatic rings. The Balaban J connectivity index is 2.24. The molecule has 0 heterocycles. The number of benzene rings is 1. The summed E-state index contributed by atoms with van der Waals surface area (Å²) in [5.74, 6) is 1.02. The van der Waals surface area contributed by atoms with E-state index in [-0.39, 0.29) is 6.04 Å². The van der Waals surface area contributed by atoms with Crippen LogP contribution in [0.2, 0.25) is 10.0 Å². The molecule has 0 aromatic heterocycles. The van der Waals surface area contributed by atoms with E-state index in [4.69, 9.17) is 38.4 Å². The molecule has 0 radical (unpaired) electrons. The predicted octanol–water partition coefficient (Wildman–Crippen LogP) is 2.70. The summed E-state index contributed by atoms with van der Waals surface area (Å²) in [4.78, 5) is 4.21. The Morgan fingerprint density at radius 1 is 1.43 bits per heavy atom. The number of rotatable bonds is 8. The van der Waals surface area contributed by atoms with E-state index in [0.29, 0.717) is 41.5 Å². The second-order valence-electron chi connectivity index (χ2n) is 4.54. The highest BCUT2D eigenvalue weighted by Crippen LogP contribution is 2.27. The van der Waals surface area contributed by atoms with Crippen LogP contribution in [-0.2, 0) is 4.74 Å². The Kier molecular flexibility index (Phi) is 8.27. The summed E-state index contributed by atoms with van der Waals surface area (Å²) < 4.78 is 10.6. The third kappa shape index (κ3) is 7.41. The van der Waals surface area contributed by atoms with Crippen molar-refractivity contribution in [3.8, 4) is 5.75 Å². The van der Waals surface area contributed by atoms with Crippen LogP contribution in [0.1, 0.15) is 13.3 Å². The molecular weight excluding hydrogens is 313 g/mol. The third-order valence-electron chi connectivity index (χ3n) is 2.55. The molecule has 0 spiro atoms. The first-order valence-electron chi connectivity index (χ1n) is 6.66. The van der Waals surface area contributed by atoms with Crippen molar-refractivity contribution < 1.29 is 9.47 Å². The second-order valence-corrected chi connectivity index (χ2v) is 5.39. The molecule has 0 bridgehead atoms. The molecule has 118 valence electrons. The molecule has 1 rings (SSSR count). The summed E-state index contributed by atoms with van der Waals surface area (Å²) >= 11 is 11.8. The van der Waals surface area contributed by atoms with Crippen molar-refractivity contribution in [3.05, 3.63) is 28.2 Å². The fourth-order valence-corrected chi connectivity index (χ4v) is 2.09. The number of aliphatic imine (C=N–C) groups is 1. The maximum Gasteiger partial charge on any atom is 0.188 e. The standard InChI is InChI=1S/C14H21Cl2N3O2/c1-10(9-20-2)19-14(17)18-6-3-7-21-13-5-4-11(15)8-12(13)16/h4-5,8,10H,3,6-7,9H2,1-2H3,(H3,17,18,19). The molecular formula is C14H21Cl2N3O2. The zero-order chi connectivity index (χ0) is 15.7. The van der Waals surface area contributed by atoms with E-state index in [2.05, 4.69) is 10.3 Å². The largest absolute Gasteiger partial charge is 0.492 e. The highest BCUT2D eigenvalue weighted by Gasteiger charge is 2.03. The average Bonchev–Trinajstić information content (AvgIpc) is 2.40. The minimum Gasteiger partial charge on any atom is -0.492 e. The van der Waals surface area contributed by atoms with E-state index in [0.717, 1.165) is 6.42 Å². The van der Waals surface area contributed by atoms with Crippen molar-refractivity contribution in [2.24, 2.45) is 10.7 Å². The number of nitrogens with zero attached hydrogens (tertiary/aromatic N) is 1. The molecule has 0 amide bonds. The summed E-state index contributed by atoms with van der Waals surface area (Å²) in [6, 6.07) is 5.26. The SMILES string of the molecule is COCC(C)NC(N)=NCCCOc1ccc(Cl)cc1Cl. The van der Waals surface area contributed by atoms with Gasteiger partial charge in [0, 0.05) is 31.1 Å². The van der Waals surface area contributed by atoms with Gasteiger partial charge in [0.15, 0.2) is 5.96 Å². The molecule has 1 aromatic carbocycles. The first-order chi connectivity index (χ1) is 10.0. The van der Waals surface area contributed by atoms with E-state index in [1.165, 1.54) is 0 Å². The van der Waals surface area contributed by atoms with Gasteiger partial charge in [0.25, 0.3) is 0 Å². The highest BCUT2D eigenvalue weighted by atomic mass is 35.5. The summed E-state index contributed by atoms with van der Waals surface area (Å²) in [6.07, 6.45) is 0.736. The molecule has 0 saturated carbocycles. The van der Waals surface area contributed by atoms with Crippen molar-refractivity contribution >= 4 is 29.2 Å². The number of nitrogens with two attached hydrogens (primary N) is 1. The van der Waals surface area contributed by atoms with Gasteiger partial charge in [0.2, 0.25) is 0 Å². The van der Waals surface area contributed by atoms with Crippen LogP contribution < -0.4 is 15.8 Å². The number of nitrogens with one attached hydrogen (secondary N) is 1. The quantitative estimate of drug-likeness (QED) is 0.436. The zero-order valence-electron chi connectivity index (χ0n) is 12.2. The molecule has 5 nitrogen and oxygen atoms in total. The normalized spacial score (nSPS) is 13.0. The molecule has 1 unspecified atom stereocenters. The summed E-state index contributed by atoms with van der Waals surface area (Å²) in [5.41, 5.74) is 5.75. The van der Waals surface area contributed by atoms with Crippen LogP contribution >= 0.6 is 23.2 Å². The van der Waals surface area contributed by atoms with Gasteiger partial charge in [-0.15, -0.1) is 0 Å². The van der Waals surface area contributed by atoms with Gasteiger partial charge in [0.1, 0.15) is 5.75 Å². The Bertz CT molecular complexity index is 470. The van der Waals surface area contributed by atoms with Crippen LogP contribution in [0.15, 0.2) is 23.2 Å². The van der Waals surface area contributed by atoms with Crippen molar-refractivity contribution in [3.63, 3.8) is 0 Å². The first kappa shape index (κ1) is 17.9. The lowest BCUT2D eigenvalue weighted by atomic mass is 10.3. The lowest BCUT2D eigenvalue weighted by Gasteiger charge is -2.13. The molecule has 7 heteroatoms. The fraction of sp³-hybridized carbons (Fsp3) is 0.500. The van der Waals surface area contributed by atoms with Crippen LogP contribution in [0.25, 0.3) is 0 Å². The maximum absolute atomic E-state index is 6.00. The Hall–Kier alpha value is -1.17. The molecule has 0 aliphatic heterocycles. The van der Waals surface area contributed by atoms with E-state index in [1.807, 2.05) is 6.92 Å². The monoisotopic (exact) mass is 333 g/mol. The van der Waals surface area contributed by atoms with Gasteiger partial charge in [-0.25, -0.2) is 0 Å². The molecule has 3 N–H and O–H groups in total. The van der Waals surface area contributed by atoms with Gasteiger partial charge >= 0.3 is 0 Å². The molecule has 1 aromatic rings. The highest BCUT2D eigenvalue weighted by molar-refractivity contribution is 6.35. The number of hydrogen-bond acceptors (Lipinski definition) is 3. The van der Waals surface area contributed by atoms with E-state index >= 15 is 0 Å². The van der Waals surface area contributed by atoms with Crippen LogP contribution in [0.3, 0.4) is 0 Å². The van der Waals surface area contributed by atoms with Gasteiger partial charge < -0.3 is 20.5 Å². The van der Waals surface area contributed by atoms with Gasteiger partial charge in [-0.3, -0.25) is 4.99 Å². The zero-order valence-corrected chi connectivity index (χ0v) is 13.7. The van der Waals surface area contributed by atoms with Crippen molar-refractivity contribution in [1.82, 2.24) is 5.32 Å². The maximum atomic E-state index is 6.00.